The van der Waals surface area contributed by atoms with Crippen LogP contribution in [0.15, 0.2) is 24.3 Å². The number of nitrogens with one attached hydrogen (secondary N) is 2. The van der Waals surface area contributed by atoms with Gasteiger partial charge in [0.2, 0.25) is 5.91 Å². The fourth-order valence-electron chi connectivity index (χ4n) is 2.91. The minimum Gasteiger partial charge on any atom is -0.492 e. The first-order valence-corrected chi connectivity index (χ1v) is 8.60. The van der Waals surface area contributed by atoms with Crippen molar-refractivity contribution < 1.29 is 9.53 Å². The quantitative estimate of drug-likeness (QED) is 0.798. The summed E-state index contributed by atoms with van der Waals surface area (Å²) in [6.45, 7) is 10.7. The Balaban J connectivity index is 0.00000288. The zero-order valence-electron chi connectivity index (χ0n) is 15.2. The van der Waals surface area contributed by atoms with E-state index in [0.29, 0.717) is 19.2 Å². The molecule has 1 aliphatic heterocycles. The fraction of sp³-hybridized carbons (Fsp3) is 0.632. The summed E-state index contributed by atoms with van der Waals surface area (Å²) >= 11 is 0. The lowest BCUT2D eigenvalue weighted by Crippen LogP contribution is -2.43. The van der Waals surface area contributed by atoms with Crippen LogP contribution in [0.2, 0.25) is 0 Å². The van der Waals surface area contributed by atoms with Crippen LogP contribution in [0.25, 0.3) is 0 Å². The maximum atomic E-state index is 12.1. The van der Waals surface area contributed by atoms with Gasteiger partial charge in [0.05, 0.1) is 6.54 Å². The number of rotatable bonds is 5. The SMILES string of the molecule is C[C@H]1C[C@@H](C(=O)NCCOc2cccc(C(C)(C)C)c2)CCN1.Cl. The fourth-order valence-corrected chi connectivity index (χ4v) is 2.91. The minimum atomic E-state index is 0. The molecule has 0 spiro atoms. The first-order valence-electron chi connectivity index (χ1n) is 8.60. The van der Waals surface area contributed by atoms with Gasteiger partial charge in [0.1, 0.15) is 12.4 Å². The molecule has 0 radical (unpaired) electrons. The van der Waals surface area contributed by atoms with Gasteiger partial charge in [-0.1, -0.05) is 32.9 Å². The molecule has 2 rings (SSSR count). The van der Waals surface area contributed by atoms with Crippen molar-refractivity contribution in [1.29, 1.82) is 0 Å². The van der Waals surface area contributed by atoms with Crippen LogP contribution in [0.5, 0.6) is 5.75 Å². The number of carbonyl (C=O) groups excluding carboxylic acids is 1. The topological polar surface area (TPSA) is 50.4 Å². The molecule has 1 amide bonds. The van der Waals surface area contributed by atoms with Crippen LogP contribution in [-0.2, 0) is 10.2 Å². The summed E-state index contributed by atoms with van der Waals surface area (Å²) in [7, 11) is 0. The lowest BCUT2D eigenvalue weighted by atomic mass is 9.87. The highest BCUT2D eigenvalue weighted by Crippen LogP contribution is 2.25. The van der Waals surface area contributed by atoms with Crippen molar-refractivity contribution in [3.05, 3.63) is 29.8 Å². The maximum Gasteiger partial charge on any atom is 0.223 e. The Bertz CT molecular complexity index is 528. The van der Waals surface area contributed by atoms with Crippen LogP contribution in [0.1, 0.15) is 46.1 Å². The van der Waals surface area contributed by atoms with E-state index in [4.69, 9.17) is 4.74 Å². The van der Waals surface area contributed by atoms with Crippen molar-refractivity contribution in [2.75, 3.05) is 19.7 Å². The monoisotopic (exact) mass is 354 g/mol. The molecule has 0 bridgehead atoms. The molecule has 0 aliphatic carbocycles. The van der Waals surface area contributed by atoms with Crippen LogP contribution in [0.4, 0.5) is 0 Å². The zero-order valence-corrected chi connectivity index (χ0v) is 16.0. The van der Waals surface area contributed by atoms with Crippen LogP contribution in [0.3, 0.4) is 0 Å². The Morgan fingerprint density at radius 2 is 2.12 bits per heavy atom. The number of benzene rings is 1. The first kappa shape index (κ1) is 20.8. The summed E-state index contributed by atoms with van der Waals surface area (Å²) in [4.78, 5) is 12.1. The molecule has 0 aromatic heterocycles. The third-order valence-electron chi connectivity index (χ3n) is 4.36. The highest BCUT2D eigenvalue weighted by Gasteiger charge is 2.24. The van der Waals surface area contributed by atoms with Crippen molar-refractivity contribution >= 4 is 18.3 Å². The normalized spacial score (nSPS) is 20.8. The molecule has 2 atom stereocenters. The van der Waals surface area contributed by atoms with E-state index in [1.807, 2.05) is 12.1 Å². The molecule has 24 heavy (non-hydrogen) atoms. The average Bonchev–Trinajstić information content (AvgIpc) is 2.51. The lowest BCUT2D eigenvalue weighted by molar-refractivity contribution is -0.126. The van der Waals surface area contributed by atoms with Crippen LogP contribution >= 0.6 is 12.4 Å². The van der Waals surface area contributed by atoms with Crippen LogP contribution in [-0.4, -0.2) is 31.6 Å². The molecule has 1 aromatic rings. The molecule has 1 heterocycles. The smallest absolute Gasteiger partial charge is 0.223 e. The van der Waals surface area contributed by atoms with Gasteiger partial charge in [-0.15, -0.1) is 12.4 Å². The molecule has 0 unspecified atom stereocenters. The number of ether oxygens (including phenoxy) is 1. The van der Waals surface area contributed by atoms with E-state index >= 15 is 0 Å². The summed E-state index contributed by atoms with van der Waals surface area (Å²) in [5, 5.41) is 6.36. The van der Waals surface area contributed by atoms with Gasteiger partial charge >= 0.3 is 0 Å². The predicted molar refractivity (Wildman–Crippen MR) is 101 cm³/mol. The van der Waals surface area contributed by atoms with Gasteiger partial charge in [0.15, 0.2) is 0 Å². The molecule has 4 nitrogen and oxygen atoms in total. The summed E-state index contributed by atoms with van der Waals surface area (Å²) in [6.07, 6.45) is 1.84. The Hall–Kier alpha value is -1.26. The van der Waals surface area contributed by atoms with Crippen LogP contribution in [0, 0.1) is 5.92 Å². The van der Waals surface area contributed by atoms with Gasteiger partial charge in [-0.2, -0.15) is 0 Å². The first-order chi connectivity index (χ1) is 10.9. The third kappa shape index (κ3) is 6.33. The van der Waals surface area contributed by atoms with Crippen molar-refractivity contribution in [2.45, 2.75) is 52.0 Å². The van der Waals surface area contributed by atoms with Crippen LogP contribution < -0.4 is 15.4 Å². The van der Waals surface area contributed by atoms with E-state index < -0.39 is 0 Å². The van der Waals surface area contributed by atoms with E-state index in [0.717, 1.165) is 25.1 Å². The second kappa shape index (κ2) is 9.28. The van der Waals surface area contributed by atoms with E-state index in [2.05, 4.69) is 50.5 Å². The molecule has 1 saturated heterocycles. The summed E-state index contributed by atoms with van der Waals surface area (Å²) in [5.41, 5.74) is 1.36. The molecule has 2 N–H and O–H groups in total. The molecule has 1 aromatic carbocycles. The Kier molecular flexibility index (Phi) is 8.04. The predicted octanol–water partition coefficient (Wildman–Crippen LogP) is 3.29. The Morgan fingerprint density at radius 1 is 1.38 bits per heavy atom. The number of hydrogen-bond acceptors (Lipinski definition) is 3. The highest BCUT2D eigenvalue weighted by molar-refractivity contribution is 5.85. The Morgan fingerprint density at radius 3 is 2.79 bits per heavy atom. The third-order valence-corrected chi connectivity index (χ3v) is 4.36. The van der Waals surface area contributed by atoms with Crippen molar-refractivity contribution in [3.8, 4) is 5.75 Å². The van der Waals surface area contributed by atoms with E-state index in [9.17, 15) is 4.79 Å². The lowest BCUT2D eigenvalue weighted by Gasteiger charge is -2.27. The van der Waals surface area contributed by atoms with E-state index in [1.165, 1.54) is 5.56 Å². The minimum absolute atomic E-state index is 0. The average molecular weight is 355 g/mol. The van der Waals surface area contributed by atoms with E-state index in [1.54, 1.807) is 0 Å². The van der Waals surface area contributed by atoms with Crippen molar-refractivity contribution in [1.82, 2.24) is 10.6 Å². The number of halogens is 1. The molecule has 5 heteroatoms. The molecule has 0 saturated carbocycles. The standard InChI is InChI=1S/C19H30N2O2.ClH/c1-14-12-15(8-9-20-14)18(22)21-10-11-23-17-7-5-6-16(13-17)19(2,3)4;/h5-7,13-15,20H,8-12H2,1-4H3,(H,21,22);1H/t14-,15-;/m0./s1. The number of hydrogen-bond donors (Lipinski definition) is 2. The number of amides is 1. The summed E-state index contributed by atoms with van der Waals surface area (Å²) in [6, 6.07) is 8.61. The molecule has 1 aliphatic rings. The van der Waals surface area contributed by atoms with Gasteiger partial charge in [-0.05, 0) is 49.4 Å². The molecular weight excluding hydrogens is 324 g/mol. The number of piperidine rings is 1. The Labute approximate surface area is 152 Å². The maximum absolute atomic E-state index is 12.1. The van der Waals surface area contributed by atoms with Crippen molar-refractivity contribution in [2.24, 2.45) is 5.92 Å². The second-order valence-corrected chi connectivity index (χ2v) is 7.49. The molecular formula is C19H31ClN2O2. The molecule has 1 fully saturated rings. The molecule has 136 valence electrons. The van der Waals surface area contributed by atoms with Gasteiger partial charge in [-0.3, -0.25) is 4.79 Å². The summed E-state index contributed by atoms with van der Waals surface area (Å²) in [5.74, 6) is 1.16. The number of carbonyl (C=O) groups is 1. The summed E-state index contributed by atoms with van der Waals surface area (Å²) < 4.78 is 5.77. The van der Waals surface area contributed by atoms with Crippen molar-refractivity contribution in [3.63, 3.8) is 0 Å². The highest BCUT2D eigenvalue weighted by atomic mass is 35.5. The van der Waals surface area contributed by atoms with Gasteiger partial charge in [0, 0.05) is 12.0 Å². The largest absolute Gasteiger partial charge is 0.492 e. The van der Waals surface area contributed by atoms with Gasteiger partial charge < -0.3 is 15.4 Å². The van der Waals surface area contributed by atoms with Gasteiger partial charge in [-0.25, -0.2) is 0 Å². The van der Waals surface area contributed by atoms with Gasteiger partial charge in [0.25, 0.3) is 0 Å². The zero-order chi connectivity index (χ0) is 16.9. The second-order valence-electron chi connectivity index (χ2n) is 7.49. The van der Waals surface area contributed by atoms with E-state index in [-0.39, 0.29) is 29.6 Å².